The molecular weight excluding hydrogens is 390 g/mol. The minimum Gasteiger partial charge on any atom is -0.486 e. The zero-order valence-electron chi connectivity index (χ0n) is 19.3. The molecular formula is C25H35N3O3. The molecule has 2 aromatic rings. The Bertz CT molecular complexity index is 872. The summed E-state index contributed by atoms with van der Waals surface area (Å²) in [5, 5.41) is 9.78. The standard InChI is InChI=1S/C25H35N3O3/c1-18-14-28(19(2)17-29)25(30)21-12-9-13-22(26(3)4)24(21)31-23(18)16-27(5)15-20-10-7-6-8-11-20/h6-13,18-19,23,29H,14-17H2,1-5H3/t18-,19-,23+/m1/s1. The Kier molecular flexibility index (Phi) is 7.57. The van der Waals surface area contributed by atoms with Crippen molar-refractivity contribution in [3.05, 3.63) is 59.7 Å². The summed E-state index contributed by atoms with van der Waals surface area (Å²) in [4.78, 5) is 19.4. The van der Waals surface area contributed by atoms with Crippen LogP contribution in [-0.4, -0.2) is 73.8 Å². The Morgan fingerprint density at radius 1 is 1.13 bits per heavy atom. The van der Waals surface area contributed by atoms with Gasteiger partial charge in [-0.2, -0.15) is 0 Å². The molecule has 0 bridgehead atoms. The van der Waals surface area contributed by atoms with Gasteiger partial charge in [-0.15, -0.1) is 0 Å². The maximum absolute atomic E-state index is 13.4. The van der Waals surface area contributed by atoms with E-state index >= 15 is 0 Å². The Morgan fingerprint density at radius 2 is 1.84 bits per heavy atom. The van der Waals surface area contributed by atoms with E-state index in [2.05, 4.69) is 43.1 Å². The molecule has 0 fully saturated rings. The van der Waals surface area contributed by atoms with Crippen molar-refractivity contribution in [2.75, 3.05) is 45.7 Å². The van der Waals surface area contributed by atoms with Crippen LogP contribution in [0, 0.1) is 5.92 Å². The molecule has 1 N–H and O–H groups in total. The van der Waals surface area contributed by atoms with Crippen LogP contribution in [0.15, 0.2) is 48.5 Å². The summed E-state index contributed by atoms with van der Waals surface area (Å²) < 4.78 is 6.59. The number of nitrogens with zero attached hydrogens (tertiary/aromatic N) is 3. The fourth-order valence-electron chi connectivity index (χ4n) is 4.06. The topological polar surface area (TPSA) is 56.3 Å². The fraction of sp³-hybridized carbons (Fsp3) is 0.480. The minimum absolute atomic E-state index is 0.0689. The number of likely N-dealkylation sites (N-methyl/N-ethyl adjacent to an activating group) is 1. The third-order valence-electron chi connectivity index (χ3n) is 5.94. The van der Waals surface area contributed by atoms with E-state index in [1.165, 1.54) is 5.56 Å². The van der Waals surface area contributed by atoms with Gasteiger partial charge < -0.3 is 19.6 Å². The van der Waals surface area contributed by atoms with Crippen LogP contribution in [0.5, 0.6) is 5.75 Å². The Morgan fingerprint density at radius 3 is 2.48 bits per heavy atom. The smallest absolute Gasteiger partial charge is 0.258 e. The van der Waals surface area contributed by atoms with Gasteiger partial charge in [-0.3, -0.25) is 9.69 Å². The van der Waals surface area contributed by atoms with Crippen LogP contribution >= 0.6 is 0 Å². The molecule has 6 nitrogen and oxygen atoms in total. The first kappa shape index (κ1) is 23.1. The second-order valence-electron chi connectivity index (χ2n) is 8.85. The summed E-state index contributed by atoms with van der Waals surface area (Å²) in [6, 6.07) is 15.8. The van der Waals surface area contributed by atoms with Gasteiger partial charge in [0.15, 0.2) is 5.75 Å². The normalized spacial score (nSPS) is 20.0. The number of fused-ring (bicyclic) bond motifs is 1. The SMILES string of the molecule is C[C@@H]1CN([C@H](C)CO)C(=O)c2cccc(N(C)C)c2O[C@H]1CN(C)Cc1ccccc1. The van der Waals surface area contributed by atoms with E-state index in [0.717, 1.165) is 18.8 Å². The van der Waals surface area contributed by atoms with Crippen LogP contribution in [0.2, 0.25) is 0 Å². The van der Waals surface area contributed by atoms with E-state index in [9.17, 15) is 9.90 Å². The lowest BCUT2D eigenvalue weighted by Crippen LogP contribution is -2.49. The Balaban J connectivity index is 1.94. The number of rotatable bonds is 7. The number of benzene rings is 2. The second-order valence-corrected chi connectivity index (χ2v) is 8.85. The monoisotopic (exact) mass is 425 g/mol. The average Bonchev–Trinajstić information content (AvgIpc) is 2.75. The number of aliphatic hydroxyl groups is 1. The summed E-state index contributed by atoms with van der Waals surface area (Å²) in [6.07, 6.45) is -0.102. The first-order valence-electron chi connectivity index (χ1n) is 10.9. The largest absolute Gasteiger partial charge is 0.486 e. The molecule has 1 aliphatic rings. The van der Waals surface area contributed by atoms with E-state index in [1.54, 1.807) is 4.90 Å². The molecule has 3 atom stereocenters. The van der Waals surface area contributed by atoms with Gasteiger partial charge in [0, 0.05) is 39.6 Å². The predicted molar refractivity (Wildman–Crippen MR) is 125 cm³/mol. The van der Waals surface area contributed by atoms with Gasteiger partial charge in [-0.25, -0.2) is 0 Å². The van der Waals surface area contributed by atoms with Crippen LogP contribution in [0.3, 0.4) is 0 Å². The second kappa shape index (κ2) is 10.2. The van der Waals surface area contributed by atoms with Crippen LogP contribution in [-0.2, 0) is 6.54 Å². The highest BCUT2D eigenvalue weighted by molar-refractivity contribution is 5.99. The van der Waals surface area contributed by atoms with Crippen LogP contribution in [0.4, 0.5) is 5.69 Å². The lowest BCUT2D eigenvalue weighted by Gasteiger charge is -2.39. The average molecular weight is 426 g/mol. The maximum atomic E-state index is 13.4. The summed E-state index contributed by atoms with van der Waals surface area (Å²) in [7, 11) is 6.01. The van der Waals surface area contributed by atoms with Gasteiger partial charge in [-0.05, 0) is 31.7 Å². The van der Waals surface area contributed by atoms with Crippen molar-refractivity contribution in [3.63, 3.8) is 0 Å². The first-order chi connectivity index (χ1) is 14.8. The van der Waals surface area contributed by atoms with Gasteiger partial charge in [-0.1, -0.05) is 43.3 Å². The maximum Gasteiger partial charge on any atom is 0.258 e. The number of amides is 1. The zero-order valence-corrected chi connectivity index (χ0v) is 19.3. The van der Waals surface area contributed by atoms with E-state index in [0.29, 0.717) is 17.9 Å². The van der Waals surface area contributed by atoms with Crippen molar-refractivity contribution < 1.29 is 14.6 Å². The number of para-hydroxylation sites is 1. The molecule has 168 valence electrons. The van der Waals surface area contributed by atoms with E-state index in [-0.39, 0.29) is 30.6 Å². The molecule has 0 saturated carbocycles. The van der Waals surface area contributed by atoms with E-state index in [4.69, 9.17) is 4.74 Å². The van der Waals surface area contributed by atoms with Crippen molar-refractivity contribution in [2.45, 2.75) is 32.5 Å². The number of carbonyl (C=O) groups excluding carboxylic acids is 1. The molecule has 0 unspecified atom stereocenters. The molecule has 1 heterocycles. The first-order valence-corrected chi connectivity index (χ1v) is 10.9. The lowest BCUT2D eigenvalue weighted by atomic mass is 9.98. The Labute approximate surface area is 186 Å². The summed E-state index contributed by atoms with van der Waals surface area (Å²) >= 11 is 0. The number of hydrogen-bond acceptors (Lipinski definition) is 5. The van der Waals surface area contributed by atoms with E-state index in [1.807, 2.05) is 50.2 Å². The molecule has 6 heteroatoms. The van der Waals surface area contributed by atoms with Gasteiger partial charge in [0.25, 0.3) is 5.91 Å². The van der Waals surface area contributed by atoms with Crippen molar-refractivity contribution in [2.24, 2.45) is 5.92 Å². The van der Waals surface area contributed by atoms with Gasteiger partial charge in [0.05, 0.1) is 23.9 Å². The minimum atomic E-state index is -0.258. The van der Waals surface area contributed by atoms with Crippen LogP contribution in [0.25, 0.3) is 0 Å². The van der Waals surface area contributed by atoms with Crippen molar-refractivity contribution >= 4 is 11.6 Å². The van der Waals surface area contributed by atoms with Crippen molar-refractivity contribution in [1.82, 2.24) is 9.80 Å². The molecule has 0 saturated heterocycles. The summed E-state index contributed by atoms with van der Waals surface area (Å²) in [5.41, 5.74) is 2.69. The number of carbonyl (C=O) groups is 1. The number of ether oxygens (including phenoxy) is 1. The zero-order chi connectivity index (χ0) is 22.5. The highest BCUT2D eigenvalue weighted by Crippen LogP contribution is 2.36. The number of anilines is 1. The highest BCUT2D eigenvalue weighted by Gasteiger charge is 2.34. The van der Waals surface area contributed by atoms with Crippen LogP contribution in [0.1, 0.15) is 29.8 Å². The van der Waals surface area contributed by atoms with Crippen molar-refractivity contribution in [3.8, 4) is 5.75 Å². The van der Waals surface area contributed by atoms with Gasteiger partial charge in [0.1, 0.15) is 6.10 Å². The molecule has 2 aromatic carbocycles. The third kappa shape index (κ3) is 5.38. The lowest BCUT2D eigenvalue weighted by molar-refractivity contribution is 0.0343. The molecule has 0 radical (unpaired) electrons. The fourth-order valence-corrected chi connectivity index (χ4v) is 4.06. The number of hydrogen-bond donors (Lipinski definition) is 1. The molecule has 3 rings (SSSR count). The third-order valence-corrected chi connectivity index (χ3v) is 5.94. The van der Waals surface area contributed by atoms with Gasteiger partial charge >= 0.3 is 0 Å². The summed E-state index contributed by atoms with van der Waals surface area (Å²) in [5.74, 6) is 0.625. The number of aliphatic hydroxyl groups excluding tert-OH is 1. The predicted octanol–water partition coefficient (Wildman–Crippen LogP) is 3.10. The highest BCUT2D eigenvalue weighted by atomic mass is 16.5. The molecule has 31 heavy (non-hydrogen) atoms. The van der Waals surface area contributed by atoms with E-state index < -0.39 is 0 Å². The molecule has 1 aliphatic heterocycles. The molecule has 0 aromatic heterocycles. The van der Waals surface area contributed by atoms with Crippen LogP contribution < -0.4 is 9.64 Å². The molecule has 0 aliphatic carbocycles. The Hall–Kier alpha value is -2.57. The quantitative estimate of drug-likeness (QED) is 0.739. The van der Waals surface area contributed by atoms with Gasteiger partial charge in [0.2, 0.25) is 0 Å². The molecule has 0 spiro atoms. The van der Waals surface area contributed by atoms with Crippen molar-refractivity contribution in [1.29, 1.82) is 0 Å². The summed E-state index contributed by atoms with van der Waals surface area (Å²) in [6.45, 7) is 6.03. The molecule has 1 amide bonds.